The summed E-state index contributed by atoms with van der Waals surface area (Å²) in [6.45, 7) is 0. The highest BCUT2D eigenvalue weighted by molar-refractivity contribution is 7.90. The molecule has 0 atom stereocenters. The summed E-state index contributed by atoms with van der Waals surface area (Å²) >= 11 is 0. The van der Waals surface area contributed by atoms with Gasteiger partial charge < -0.3 is 10.1 Å². The van der Waals surface area contributed by atoms with E-state index in [0.717, 1.165) is 5.69 Å². The average Bonchev–Trinajstić information content (AvgIpc) is 2.34. The zero-order chi connectivity index (χ0) is 12.8. The Morgan fingerprint density at radius 2 is 1.72 bits per heavy atom. The van der Waals surface area contributed by atoms with Crippen molar-refractivity contribution in [3.63, 3.8) is 0 Å². The van der Waals surface area contributed by atoms with Crippen LogP contribution in [0.1, 0.15) is 0 Å². The normalized spacial score (nSPS) is 12.9. The zero-order valence-electron chi connectivity index (χ0n) is 9.67. The van der Waals surface area contributed by atoms with Gasteiger partial charge in [-0.25, -0.2) is 8.42 Å². The topological polar surface area (TPSA) is 55.4 Å². The van der Waals surface area contributed by atoms with Gasteiger partial charge in [0.05, 0.1) is 10.6 Å². The summed E-state index contributed by atoms with van der Waals surface area (Å²) in [5.41, 5.74) is 1.26. The summed E-state index contributed by atoms with van der Waals surface area (Å²) in [6, 6.07) is 12.4. The maximum Gasteiger partial charge on any atom is 0.177 e. The minimum absolute atomic E-state index is 0.245. The second-order valence-corrected chi connectivity index (χ2v) is 6.11. The third-order valence-corrected chi connectivity index (χ3v) is 3.89. The van der Waals surface area contributed by atoms with E-state index in [9.17, 15) is 8.42 Å². The molecule has 0 unspecified atom stereocenters. The van der Waals surface area contributed by atoms with Crippen LogP contribution in [0.15, 0.2) is 47.4 Å². The van der Waals surface area contributed by atoms with Crippen molar-refractivity contribution >= 4 is 21.2 Å². The lowest BCUT2D eigenvalue weighted by Gasteiger charge is -2.23. The third kappa shape index (κ3) is 1.73. The highest BCUT2D eigenvalue weighted by atomic mass is 32.2. The van der Waals surface area contributed by atoms with Crippen molar-refractivity contribution < 1.29 is 13.2 Å². The molecule has 0 amide bonds. The molecular weight excluding hydrogens is 250 g/mol. The van der Waals surface area contributed by atoms with E-state index >= 15 is 0 Å². The van der Waals surface area contributed by atoms with Gasteiger partial charge in [-0.1, -0.05) is 18.2 Å². The van der Waals surface area contributed by atoms with Gasteiger partial charge in [-0.15, -0.1) is 0 Å². The predicted molar refractivity (Wildman–Crippen MR) is 69.4 cm³/mol. The SMILES string of the molecule is CS(=O)(=O)c1cccc2c1Nc1ccccc1O2. The summed E-state index contributed by atoms with van der Waals surface area (Å²) in [4.78, 5) is 0.245. The van der Waals surface area contributed by atoms with Gasteiger partial charge in [-0.2, -0.15) is 0 Å². The van der Waals surface area contributed by atoms with Crippen molar-refractivity contribution in [2.45, 2.75) is 4.90 Å². The summed E-state index contributed by atoms with van der Waals surface area (Å²) in [7, 11) is -3.29. The van der Waals surface area contributed by atoms with E-state index in [1.54, 1.807) is 18.2 Å². The molecule has 2 aromatic rings. The van der Waals surface area contributed by atoms with Gasteiger partial charge in [0.1, 0.15) is 5.69 Å². The second-order valence-electron chi connectivity index (χ2n) is 4.12. The molecule has 0 aromatic heterocycles. The number of anilines is 2. The minimum Gasteiger partial charge on any atom is -0.453 e. The van der Waals surface area contributed by atoms with Crippen LogP contribution in [0.3, 0.4) is 0 Å². The molecule has 0 radical (unpaired) electrons. The monoisotopic (exact) mass is 261 g/mol. The number of benzene rings is 2. The van der Waals surface area contributed by atoms with Gasteiger partial charge >= 0.3 is 0 Å². The van der Waals surface area contributed by atoms with Gasteiger partial charge in [0.2, 0.25) is 0 Å². The maximum absolute atomic E-state index is 11.7. The van der Waals surface area contributed by atoms with E-state index in [2.05, 4.69) is 5.32 Å². The van der Waals surface area contributed by atoms with E-state index in [1.165, 1.54) is 6.26 Å². The number of sulfone groups is 1. The molecule has 0 aliphatic carbocycles. The first-order valence-electron chi connectivity index (χ1n) is 5.43. The molecule has 92 valence electrons. The zero-order valence-corrected chi connectivity index (χ0v) is 10.5. The van der Waals surface area contributed by atoms with E-state index in [-0.39, 0.29) is 4.90 Å². The molecule has 18 heavy (non-hydrogen) atoms. The van der Waals surface area contributed by atoms with Gasteiger partial charge in [0.15, 0.2) is 21.3 Å². The molecule has 0 saturated heterocycles. The fraction of sp³-hybridized carbons (Fsp3) is 0.0769. The lowest BCUT2D eigenvalue weighted by Crippen LogP contribution is -2.08. The van der Waals surface area contributed by atoms with Gasteiger partial charge in [-0.3, -0.25) is 0 Å². The second kappa shape index (κ2) is 3.74. The molecule has 1 aliphatic heterocycles. The summed E-state index contributed by atoms with van der Waals surface area (Å²) in [5, 5.41) is 3.11. The Balaban J connectivity index is 2.20. The van der Waals surface area contributed by atoms with Crippen LogP contribution >= 0.6 is 0 Å². The average molecular weight is 261 g/mol. The molecule has 2 aromatic carbocycles. The molecule has 4 nitrogen and oxygen atoms in total. The van der Waals surface area contributed by atoms with Crippen molar-refractivity contribution in [1.82, 2.24) is 0 Å². The number of hydrogen-bond donors (Lipinski definition) is 1. The molecule has 0 bridgehead atoms. The number of fused-ring (bicyclic) bond motifs is 2. The van der Waals surface area contributed by atoms with Crippen LogP contribution in [-0.4, -0.2) is 14.7 Å². The van der Waals surface area contributed by atoms with Gasteiger partial charge in [0.25, 0.3) is 0 Å². The van der Waals surface area contributed by atoms with Crippen LogP contribution in [-0.2, 0) is 9.84 Å². The number of ether oxygens (including phenoxy) is 1. The van der Waals surface area contributed by atoms with Gasteiger partial charge in [0, 0.05) is 6.26 Å². The van der Waals surface area contributed by atoms with Crippen LogP contribution in [0.2, 0.25) is 0 Å². The molecule has 3 rings (SSSR count). The highest BCUT2D eigenvalue weighted by Gasteiger charge is 2.22. The summed E-state index contributed by atoms with van der Waals surface area (Å²) < 4.78 is 29.1. The van der Waals surface area contributed by atoms with E-state index in [4.69, 9.17) is 4.74 Å². The van der Waals surface area contributed by atoms with Crippen molar-refractivity contribution in [1.29, 1.82) is 0 Å². The van der Waals surface area contributed by atoms with Crippen LogP contribution in [0.4, 0.5) is 11.4 Å². The first-order valence-corrected chi connectivity index (χ1v) is 7.32. The number of para-hydroxylation sites is 3. The number of rotatable bonds is 1. The molecule has 1 N–H and O–H groups in total. The Bertz CT molecular complexity index is 723. The van der Waals surface area contributed by atoms with E-state index in [1.807, 2.05) is 24.3 Å². The molecular formula is C13H11NO3S. The Morgan fingerprint density at radius 1 is 1.00 bits per heavy atom. The predicted octanol–water partition coefficient (Wildman–Crippen LogP) is 2.94. The van der Waals surface area contributed by atoms with Crippen LogP contribution in [0.25, 0.3) is 0 Å². The molecule has 0 spiro atoms. The molecule has 0 fully saturated rings. The Morgan fingerprint density at radius 3 is 2.50 bits per heavy atom. The fourth-order valence-corrected chi connectivity index (χ4v) is 2.79. The Labute approximate surface area is 105 Å². The largest absolute Gasteiger partial charge is 0.453 e. The molecule has 0 saturated carbocycles. The molecule has 5 heteroatoms. The number of nitrogens with one attached hydrogen (secondary N) is 1. The molecule has 1 aliphatic rings. The standard InChI is InChI=1S/C13H11NO3S/c1-18(15,16)12-8-4-7-11-13(12)14-9-5-2-3-6-10(9)17-11/h2-8,14H,1H3. The quantitative estimate of drug-likeness (QED) is 0.731. The first kappa shape index (κ1) is 11.1. The smallest absolute Gasteiger partial charge is 0.177 e. The van der Waals surface area contributed by atoms with Gasteiger partial charge in [-0.05, 0) is 24.3 Å². The van der Waals surface area contributed by atoms with Crippen molar-refractivity contribution in [2.24, 2.45) is 0 Å². The number of hydrogen-bond acceptors (Lipinski definition) is 4. The third-order valence-electron chi connectivity index (χ3n) is 2.75. The van der Waals surface area contributed by atoms with E-state index in [0.29, 0.717) is 17.2 Å². The van der Waals surface area contributed by atoms with E-state index < -0.39 is 9.84 Å². The van der Waals surface area contributed by atoms with Crippen LogP contribution < -0.4 is 10.1 Å². The Kier molecular flexibility index (Phi) is 2.31. The van der Waals surface area contributed by atoms with Crippen LogP contribution in [0.5, 0.6) is 11.5 Å². The summed E-state index contributed by atoms with van der Waals surface area (Å²) in [6.07, 6.45) is 1.19. The Hall–Kier alpha value is -2.01. The van der Waals surface area contributed by atoms with Crippen molar-refractivity contribution in [2.75, 3.05) is 11.6 Å². The summed E-state index contributed by atoms with van der Waals surface area (Å²) in [5.74, 6) is 1.22. The lowest BCUT2D eigenvalue weighted by atomic mass is 10.2. The van der Waals surface area contributed by atoms with Crippen molar-refractivity contribution in [3.05, 3.63) is 42.5 Å². The molecule has 1 heterocycles. The fourth-order valence-electron chi connectivity index (χ4n) is 1.94. The lowest BCUT2D eigenvalue weighted by molar-refractivity contribution is 0.479. The van der Waals surface area contributed by atoms with Crippen LogP contribution in [0, 0.1) is 0 Å². The maximum atomic E-state index is 11.7. The first-order chi connectivity index (χ1) is 8.55. The van der Waals surface area contributed by atoms with Crippen molar-refractivity contribution in [3.8, 4) is 11.5 Å². The minimum atomic E-state index is -3.29. The highest BCUT2D eigenvalue weighted by Crippen LogP contribution is 2.44.